The van der Waals surface area contributed by atoms with Crippen molar-refractivity contribution in [3.05, 3.63) is 71.1 Å². The first kappa shape index (κ1) is 19.8. The molecule has 3 aromatic rings. The standard InChI is InChI=1S/C21H15F2N3O3S/c1-2-9-25-19-15(23)10-13(22)11-16(19)30-21(25)24-20(29)12-3-5-14(6-4-12)26-17(27)7-8-18(26)28/h2-6,10-11H,1,7-9H2. The van der Waals surface area contributed by atoms with Crippen LogP contribution in [0.1, 0.15) is 23.2 Å². The molecule has 0 unspecified atom stereocenters. The quantitative estimate of drug-likeness (QED) is 0.472. The first-order chi connectivity index (χ1) is 14.4. The number of halogens is 2. The molecule has 1 saturated heterocycles. The molecule has 3 amide bonds. The Bertz CT molecular complexity index is 1260. The summed E-state index contributed by atoms with van der Waals surface area (Å²) in [6.45, 7) is 3.82. The number of carbonyl (C=O) groups is 3. The average molecular weight is 427 g/mol. The summed E-state index contributed by atoms with van der Waals surface area (Å²) in [5.74, 6) is -2.62. The fourth-order valence-corrected chi connectivity index (χ4v) is 4.36. The lowest BCUT2D eigenvalue weighted by atomic mass is 10.2. The van der Waals surface area contributed by atoms with Gasteiger partial charge in [-0.25, -0.2) is 8.78 Å². The zero-order valence-electron chi connectivity index (χ0n) is 15.6. The molecule has 4 rings (SSSR count). The number of rotatable bonds is 4. The van der Waals surface area contributed by atoms with Crippen molar-refractivity contribution in [2.24, 2.45) is 4.99 Å². The second-order valence-electron chi connectivity index (χ2n) is 6.60. The zero-order valence-corrected chi connectivity index (χ0v) is 16.4. The Morgan fingerprint density at radius 3 is 2.43 bits per heavy atom. The van der Waals surface area contributed by atoms with Crippen LogP contribution in [0.25, 0.3) is 10.2 Å². The van der Waals surface area contributed by atoms with Crippen LogP contribution in [-0.2, 0) is 16.1 Å². The van der Waals surface area contributed by atoms with E-state index >= 15 is 0 Å². The van der Waals surface area contributed by atoms with Gasteiger partial charge in [0.15, 0.2) is 10.6 Å². The van der Waals surface area contributed by atoms with Crippen LogP contribution in [0.5, 0.6) is 0 Å². The van der Waals surface area contributed by atoms with E-state index in [-0.39, 0.29) is 47.1 Å². The van der Waals surface area contributed by atoms with Crippen molar-refractivity contribution in [1.82, 2.24) is 4.57 Å². The molecule has 1 aliphatic heterocycles. The number of carbonyl (C=O) groups excluding carboxylic acids is 3. The van der Waals surface area contributed by atoms with Gasteiger partial charge in [0.2, 0.25) is 11.8 Å². The topological polar surface area (TPSA) is 71.7 Å². The summed E-state index contributed by atoms with van der Waals surface area (Å²) in [5.41, 5.74) is 0.765. The zero-order chi connectivity index (χ0) is 21.4. The number of fused-ring (bicyclic) bond motifs is 1. The fourth-order valence-electron chi connectivity index (χ4n) is 3.28. The Kier molecular flexibility index (Phi) is 5.13. The summed E-state index contributed by atoms with van der Waals surface area (Å²) in [6.07, 6.45) is 1.86. The Hall–Kier alpha value is -3.46. The second-order valence-corrected chi connectivity index (χ2v) is 7.61. The predicted molar refractivity (Wildman–Crippen MR) is 108 cm³/mol. The molecule has 2 aromatic carbocycles. The van der Waals surface area contributed by atoms with Crippen molar-refractivity contribution in [1.29, 1.82) is 0 Å². The Balaban J connectivity index is 1.72. The van der Waals surface area contributed by atoms with Gasteiger partial charge >= 0.3 is 0 Å². The predicted octanol–water partition coefficient (Wildman–Crippen LogP) is 3.56. The Morgan fingerprint density at radius 1 is 1.13 bits per heavy atom. The van der Waals surface area contributed by atoms with Gasteiger partial charge in [0.25, 0.3) is 5.91 Å². The van der Waals surface area contributed by atoms with E-state index in [1.54, 1.807) is 0 Å². The molecule has 1 fully saturated rings. The SMILES string of the molecule is C=CCn1c(=NC(=O)c2ccc(N3C(=O)CCC3=O)cc2)sc2cc(F)cc(F)c21. The normalized spacial score (nSPS) is 14.7. The minimum absolute atomic E-state index is 0.147. The molecular weight excluding hydrogens is 412 g/mol. The molecule has 152 valence electrons. The number of imide groups is 1. The Labute approximate surface area is 173 Å². The van der Waals surface area contributed by atoms with E-state index in [1.807, 2.05) is 0 Å². The summed E-state index contributed by atoms with van der Waals surface area (Å²) in [5, 5.41) is 0. The number of hydrogen-bond donors (Lipinski definition) is 0. The van der Waals surface area contributed by atoms with Gasteiger partial charge in [-0.1, -0.05) is 17.4 Å². The van der Waals surface area contributed by atoms with E-state index in [9.17, 15) is 23.2 Å². The minimum Gasteiger partial charge on any atom is -0.310 e. The summed E-state index contributed by atoms with van der Waals surface area (Å²) in [7, 11) is 0. The number of aromatic nitrogens is 1. The van der Waals surface area contributed by atoms with Crippen LogP contribution in [0, 0.1) is 11.6 Å². The van der Waals surface area contributed by atoms with Gasteiger partial charge in [0, 0.05) is 31.0 Å². The number of allylic oxidation sites excluding steroid dienone is 1. The molecule has 0 spiro atoms. The van der Waals surface area contributed by atoms with E-state index in [4.69, 9.17) is 0 Å². The maximum Gasteiger partial charge on any atom is 0.279 e. The van der Waals surface area contributed by atoms with Gasteiger partial charge in [0.1, 0.15) is 5.82 Å². The maximum atomic E-state index is 14.3. The van der Waals surface area contributed by atoms with Crippen LogP contribution in [0.3, 0.4) is 0 Å². The average Bonchev–Trinajstić information content (AvgIpc) is 3.21. The third-order valence-corrected chi connectivity index (χ3v) is 5.65. The monoisotopic (exact) mass is 427 g/mol. The van der Waals surface area contributed by atoms with Crippen LogP contribution < -0.4 is 9.70 Å². The van der Waals surface area contributed by atoms with Gasteiger partial charge in [0.05, 0.1) is 15.9 Å². The van der Waals surface area contributed by atoms with Crippen LogP contribution in [0.2, 0.25) is 0 Å². The third-order valence-electron chi connectivity index (χ3n) is 4.63. The molecule has 0 atom stereocenters. The lowest BCUT2D eigenvalue weighted by Gasteiger charge is -2.13. The molecule has 0 N–H and O–H groups in total. The highest BCUT2D eigenvalue weighted by molar-refractivity contribution is 7.16. The number of thiazole rings is 1. The highest BCUT2D eigenvalue weighted by atomic mass is 32.1. The van der Waals surface area contributed by atoms with Crippen molar-refractivity contribution in [2.75, 3.05) is 4.90 Å². The molecule has 0 aliphatic carbocycles. The highest BCUT2D eigenvalue weighted by Gasteiger charge is 2.30. The highest BCUT2D eigenvalue weighted by Crippen LogP contribution is 2.24. The molecular formula is C21H15F2N3O3S. The van der Waals surface area contributed by atoms with E-state index in [2.05, 4.69) is 11.6 Å². The van der Waals surface area contributed by atoms with Gasteiger partial charge in [-0.2, -0.15) is 4.99 Å². The van der Waals surface area contributed by atoms with E-state index in [1.165, 1.54) is 41.0 Å². The van der Waals surface area contributed by atoms with Crippen molar-refractivity contribution in [2.45, 2.75) is 19.4 Å². The molecule has 1 aliphatic rings. The molecule has 9 heteroatoms. The van der Waals surface area contributed by atoms with Crippen molar-refractivity contribution in [3.8, 4) is 0 Å². The van der Waals surface area contributed by atoms with E-state index in [0.29, 0.717) is 10.4 Å². The number of amides is 3. The molecule has 2 heterocycles. The molecule has 0 saturated carbocycles. The van der Waals surface area contributed by atoms with E-state index < -0.39 is 17.5 Å². The summed E-state index contributed by atoms with van der Waals surface area (Å²) < 4.78 is 29.6. The van der Waals surface area contributed by atoms with Crippen LogP contribution >= 0.6 is 11.3 Å². The minimum atomic E-state index is -0.749. The fraction of sp³-hybridized carbons (Fsp3) is 0.143. The molecule has 0 bridgehead atoms. The maximum absolute atomic E-state index is 14.3. The second kappa shape index (κ2) is 7.75. The summed E-state index contributed by atoms with van der Waals surface area (Å²) in [4.78, 5) is 41.7. The summed E-state index contributed by atoms with van der Waals surface area (Å²) in [6, 6.07) is 7.89. The van der Waals surface area contributed by atoms with Gasteiger partial charge in [-0.15, -0.1) is 6.58 Å². The number of anilines is 1. The molecule has 30 heavy (non-hydrogen) atoms. The van der Waals surface area contributed by atoms with Gasteiger partial charge in [-0.05, 0) is 30.3 Å². The van der Waals surface area contributed by atoms with Crippen LogP contribution in [0.4, 0.5) is 14.5 Å². The smallest absolute Gasteiger partial charge is 0.279 e. The van der Waals surface area contributed by atoms with Crippen LogP contribution in [-0.4, -0.2) is 22.3 Å². The van der Waals surface area contributed by atoms with Crippen LogP contribution in [0.15, 0.2) is 54.0 Å². The summed E-state index contributed by atoms with van der Waals surface area (Å²) >= 11 is 0.989. The van der Waals surface area contributed by atoms with E-state index in [0.717, 1.165) is 22.3 Å². The lowest BCUT2D eigenvalue weighted by Crippen LogP contribution is -2.28. The number of nitrogens with zero attached hydrogens (tertiary/aromatic N) is 3. The van der Waals surface area contributed by atoms with Gasteiger partial charge in [-0.3, -0.25) is 19.3 Å². The first-order valence-electron chi connectivity index (χ1n) is 9.03. The van der Waals surface area contributed by atoms with Gasteiger partial charge < -0.3 is 4.57 Å². The Morgan fingerprint density at radius 2 is 1.80 bits per heavy atom. The largest absolute Gasteiger partial charge is 0.310 e. The first-order valence-corrected chi connectivity index (χ1v) is 9.85. The number of hydrogen-bond acceptors (Lipinski definition) is 4. The lowest BCUT2D eigenvalue weighted by molar-refractivity contribution is -0.121. The van der Waals surface area contributed by atoms with Crippen molar-refractivity contribution in [3.63, 3.8) is 0 Å². The van der Waals surface area contributed by atoms with Crippen molar-refractivity contribution >= 4 is 45.0 Å². The third kappa shape index (κ3) is 3.48. The van der Waals surface area contributed by atoms with Crippen molar-refractivity contribution < 1.29 is 23.2 Å². The molecule has 1 aromatic heterocycles. The number of benzene rings is 2. The molecule has 0 radical (unpaired) electrons. The molecule has 6 nitrogen and oxygen atoms in total.